The van der Waals surface area contributed by atoms with E-state index in [1.807, 2.05) is 29.8 Å². The second kappa shape index (κ2) is 3.39. The molecule has 2 aromatic rings. The average Bonchev–Trinajstić information content (AvgIpc) is 2.54. The third-order valence-corrected chi connectivity index (χ3v) is 1.93. The molecule has 1 aromatic heterocycles. The first kappa shape index (κ1) is 7.98. The van der Waals surface area contributed by atoms with Crippen molar-refractivity contribution in [3.05, 3.63) is 47.8 Å². The summed E-state index contributed by atoms with van der Waals surface area (Å²) in [6, 6.07) is 10.2. The second-order valence-electron chi connectivity index (χ2n) is 2.93. The lowest BCUT2D eigenvalue weighted by Gasteiger charge is -2.01. The summed E-state index contributed by atoms with van der Waals surface area (Å²) >= 11 is 0. The molecule has 3 heteroatoms. The van der Waals surface area contributed by atoms with Gasteiger partial charge in [-0.05, 0) is 12.5 Å². The van der Waals surface area contributed by atoms with Crippen LogP contribution in [0.1, 0.15) is 11.3 Å². The van der Waals surface area contributed by atoms with Crippen LogP contribution in [0.2, 0.25) is 0 Å². The highest BCUT2D eigenvalue weighted by Gasteiger charge is 1.98. The summed E-state index contributed by atoms with van der Waals surface area (Å²) in [5.74, 6) is 0. The number of hydrogen-bond donors (Lipinski definition) is 0. The van der Waals surface area contributed by atoms with Gasteiger partial charge in [-0.2, -0.15) is 0 Å². The summed E-state index contributed by atoms with van der Waals surface area (Å²) < 4.78 is 1.83. The van der Waals surface area contributed by atoms with Gasteiger partial charge in [0.1, 0.15) is 6.20 Å². The molecule has 0 unspecified atom stereocenters. The summed E-state index contributed by atoms with van der Waals surface area (Å²) in [4.78, 5) is 0. The molecule has 1 radical (unpaired) electrons. The van der Waals surface area contributed by atoms with Crippen molar-refractivity contribution in [2.24, 2.45) is 0 Å². The monoisotopic (exact) mass is 172 g/mol. The van der Waals surface area contributed by atoms with E-state index in [4.69, 9.17) is 0 Å². The SMILES string of the molecule is Cc1[c]nnn1Cc1ccccc1. The van der Waals surface area contributed by atoms with Crippen molar-refractivity contribution in [2.45, 2.75) is 13.5 Å². The molecule has 0 aliphatic rings. The molecule has 0 saturated carbocycles. The van der Waals surface area contributed by atoms with E-state index in [1.165, 1.54) is 5.56 Å². The van der Waals surface area contributed by atoms with Gasteiger partial charge in [0.2, 0.25) is 0 Å². The van der Waals surface area contributed by atoms with Crippen molar-refractivity contribution < 1.29 is 0 Å². The van der Waals surface area contributed by atoms with Gasteiger partial charge in [0.15, 0.2) is 0 Å². The van der Waals surface area contributed by atoms with E-state index >= 15 is 0 Å². The summed E-state index contributed by atoms with van der Waals surface area (Å²) in [6.07, 6.45) is 2.79. The molecule has 1 aromatic carbocycles. The van der Waals surface area contributed by atoms with Crippen LogP contribution in [0.4, 0.5) is 0 Å². The molecular weight excluding hydrogens is 162 g/mol. The molecule has 0 atom stereocenters. The molecule has 2 rings (SSSR count). The largest absolute Gasteiger partial charge is 0.245 e. The molecule has 0 saturated heterocycles. The van der Waals surface area contributed by atoms with Crippen LogP contribution in [0, 0.1) is 13.1 Å². The van der Waals surface area contributed by atoms with Crippen molar-refractivity contribution >= 4 is 0 Å². The smallest absolute Gasteiger partial charge is 0.138 e. The quantitative estimate of drug-likeness (QED) is 0.686. The molecule has 0 aliphatic heterocycles. The van der Waals surface area contributed by atoms with Crippen molar-refractivity contribution in [1.82, 2.24) is 15.0 Å². The van der Waals surface area contributed by atoms with Crippen LogP contribution in [0.3, 0.4) is 0 Å². The Balaban J connectivity index is 2.20. The second-order valence-corrected chi connectivity index (χ2v) is 2.93. The predicted molar refractivity (Wildman–Crippen MR) is 49.1 cm³/mol. The zero-order chi connectivity index (χ0) is 9.10. The fourth-order valence-electron chi connectivity index (χ4n) is 1.18. The fraction of sp³-hybridized carbons (Fsp3) is 0.200. The van der Waals surface area contributed by atoms with E-state index in [0.29, 0.717) is 0 Å². The highest BCUT2D eigenvalue weighted by molar-refractivity contribution is 5.15. The number of hydrogen-bond acceptors (Lipinski definition) is 2. The van der Waals surface area contributed by atoms with Crippen LogP contribution in [0.5, 0.6) is 0 Å². The van der Waals surface area contributed by atoms with Crippen LogP contribution in [-0.2, 0) is 6.54 Å². The number of aryl methyl sites for hydroxylation is 1. The molecule has 0 aliphatic carbocycles. The lowest BCUT2D eigenvalue weighted by molar-refractivity contribution is 0.633. The Hall–Kier alpha value is -1.64. The first-order valence-electron chi connectivity index (χ1n) is 4.18. The highest BCUT2D eigenvalue weighted by Crippen LogP contribution is 2.02. The molecule has 0 N–H and O–H groups in total. The van der Waals surface area contributed by atoms with E-state index in [9.17, 15) is 0 Å². The topological polar surface area (TPSA) is 30.7 Å². The first-order chi connectivity index (χ1) is 6.36. The van der Waals surface area contributed by atoms with Gasteiger partial charge < -0.3 is 0 Å². The van der Waals surface area contributed by atoms with Crippen molar-refractivity contribution in [2.75, 3.05) is 0 Å². The fourth-order valence-corrected chi connectivity index (χ4v) is 1.18. The Bertz CT molecular complexity index is 378. The standard InChI is InChI=1S/C10H10N3/c1-9-7-11-12-13(9)8-10-5-3-2-4-6-10/h2-6H,8H2,1H3. The number of nitrogens with zero attached hydrogens (tertiary/aromatic N) is 3. The van der Waals surface area contributed by atoms with Gasteiger partial charge in [-0.25, -0.2) is 4.68 Å². The lowest BCUT2D eigenvalue weighted by Crippen LogP contribution is -2.03. The third-order valence-electron chi connectivity index (χ3n) is 1.93. The van der Waals surface area contributed by atoms with Crippen molar-refractivity contribution in [1.29, 1.82) is 0 Å². The molecule has 3 nitrogen and oxygen atoms in total. The van der Waals surface area contributed by atoms with Crippen molar-refractivity contribution in [3.63, 3.8) is 0 Å². The molecule has 0 spiro atoms. The van der Waals surface area contributed by atoms with Gasteiger partial charge in [0, 0.05) is 0 Å². The van der Waals surface area contributed by atoms with Gasteiger partial charge in [0.25, 0.3) is 0 Å². The molecule has 0 bridgehead atoms. The van der Waals surface area contributed by atoms with Gasteiger partial charge in [-0.3, -0.25) is 0 Å². The molecular formula is C10H10N3. The van der Waals surface area contributed by atoms with E-state index in [1.54, 1.807) is 0 Å². The Labute approximate surface area is 77.0 Å². The summed E-state index contributed by atoms with van der Waals surface area (Å²) in [5, 5.41) is 7.63. The predicted octanol–water partition coefficient (Wildman–Crippen LogP) is 1.44. The van der Waals surface area contributed by atoms with E-state index in [2.05, 4.69) is 28.6 Å². The Kier molecular flexibility index (Phi) is 2.08. The number of rotatable bonds is 2. The molecule has 65 valence electrons. The van der Waals surface area contributed by atoms with Gasteiger partial charge >= 0.3 is 0 Å². The van der Waals surface area contributed by atoms with E-state index in [0.717, 1.165) is 12.2 Å². The molecule has 0 fully saturated rings. The maximum Gasteiger partial charge on any atom is 0.138 e. The normalized spacial score (nSPS) is 10.2. The van der Waals surface area contributed by atoms with Gasteiger partial charge in [-0.15, -0.1) is 5.10 Å². The Morgan fingerprint density at radius 2 is 2.08 bits per heavy atom. The summed E-state index contributed by atoms with van der Waals surface area (Å²) in [6.45, 7) is 2.71. The number of aromatic nitrogens is 3. The van der Waals surface area contributed by atoms with Crippen molar-refractivity contribution in [3.8, 4) is 0 Å². The van der Waals surface area contributed by atoms with Crippen LogP contribution < -0.4 is 0 Å². The first-order valence-corrected chi connectivity index (χ1v) is 4.18. The maximum absolute atomic E-state index is 3.92. The van der Waals surface area contributed by atoms with Crippen LogP contribution in [0.25, 0.3) is 0 Å². The minimum absolute atomic E-state index is 0.767. The molecule has 0 amide bonds. The highest BCUT2D eigenvalue weighted by atomic mass is 15.4. The zero-order valence-electron chi connectivity index (χ0n) is 7.44. The molecule has 13 heavy (non-hydrogen) atoms. The third kappa shape index (κ3) is 1.75. The average molecular weight is 172 g/mol. The minimum Gasteiger partial charge on any atom is -0.245 e. The van der Waals surface area contributed by atoms with Crippen LogP contribution >= 0.6 is 0 Å². The van der Waals surface area contributed by atoms with Gasteiger partial charge in [0.05, 0.1) is 12.2 Å². The zero-order valence-corrected chi connectivity index (χ0v) is 7.44. The minimum atomic E-state index is 0.767. The lowest BCUT2D eigenvalue weighted by atomic mass is 10.2. The Morgan fingerprint density at radius 3 is 2.69 bits per heavy atom. The van der Waals surface area contributed by atoms with Gasteiger partial charge in [-0.1, -0.05) is 35.5 Å². The Morgan fingerprint density at radius 1 is 1.31 bits per heavy atom. The summed E-state index contributed by atoms with van der Waals surface area (Å²) in [7, 11) is 0. The summed E-state index contributed by atoms with van der Waals surface area (Å²) in [5.41, 5.74) is 2.19. The van der Waals surface area contributed by atoms with E-state index < -0.39 is 0 Å². The number of benzene rings is 1. The van der Waals surface area contributed by atoms with E-state index in [-0.39, 0.29) is 0 Å². The van der Waals surface area contributed by atoms with Crippen LogP contribution in [0.15, 0.2) is 30.3 Å². The van der Waals surface area contributed by atoms with Crippen LogP contribution in [-0.4, -0.2) is 15.0 Å². The maximum atomic E-state index is 3.92. The molecule has 1 heterocycles.